The minimum Gasteiger partial charge on any atom is -0.466 e. The summed E-state index contributed by atoms with van der Waals surface area (Å²) in [4.78, 5) is 54.5. The maximum Gasteiger partial charge on any atom is 0.337 e. The average Bonchev–Trinajstić information content (AvgIpc) is 3.18. The molecule has 2 aliphatic heterocycles. The van der Waals surface area contributed by atoms with E-state index < -0.39 is 23.7 Å². The second-order valence-corrected chi connectivity index (χ2v) is 8.09. The first-order valence-electron chi connectivity index (χ1n) is 10.9. The number of aliphatic hydroxyl groups excluding tert-OH is 1. The van der Waals surface area contributed by atoms with Crippen LogP contribution in [0.1, 0.15) is 20.7 Å². The first-order valence-corrected chi connectivity index (χ1v) is 10.9. The quantitative estimate of drug-likeness (QED) is 0.419. The van der Waals surface area contributed by atoms with Crippen molar-refractivity contribution in [3.05, 3.63) is 83.1 Å². The Morgan fingerprint density at radius 2 is 1.66 bits per heavy atom. The van der Waals surface area contributed by atoms with Crippen molar-refractivity contribution < 1.29 is 29.0 Å². The molecule has 176 valence electrons. The smallest absolute Gasteiger partial charge is 0.337 e. The van der Waals surface area contributed by atoms with Gasteiger partial charge in [0.1, 0.15) is 5.70 Å². The number of amides is 3. The standard InChI is InChI=1S/C26H21N3O6/c1-35-26(34)19-14-28(12-13-30)25(33)22(19)27-20-11-10-18-21-16(20)8-5-9-17(21)23(31)29(24(18)32)15-6-3-2-4-7-15/h2-11,27,30H,12-14H2,1H3. The topological polar surface area (TPSA) is 116 Å². The van der Waals surface area contributed by atoms with Gasteiger partial charge in [-0.1, -0.05) is 30.3 Å². The lowest BCUT2D eigenvalue weighted by molar-refractivity contribution is -0.136. The highest BCUT2D eigenvalue weighted by Gasteiger charge is 2.37. The highest BCUT2D eigenvalue weighted by Crippen LogP contribution is 2.37. The Kier molecular flexibility index (Phi) is 5.54. The second-order valence-electron chi connectivity index (χ2n) is 8.09. The molecular weight excluding hydrogens is 450 g/mol. The third-order valence-electron chi connectivity index (χ3n) is 6.14. The molecule has 0 unspecified atom stereocenters. The zero-order chi connectivity index (χ0) is 24.7. The molecule has 0 saturated heterocycles. The van der Waals surface area contributed by atoms with Gasteiger partial charge in [-0.3, -0.25) is 14.4 Å². The van der Waals surface area contributed by atoms with Crippen LogP contribution in [0.4, 0.5) is 11.4 Å². The molecule has 3 amide bonds. The second kappa shape index (κ2) is 8.69. The van der Waals surface area contributed by atoms with E-state index in [1.165, 1.54) is 12.0 Å². The minimum atomic E-state index is -0.659. The fraction of sp³-hybridized carbons (Fsp3) is 0.154. The van der Waals surface area contributed by atoms with Crippen molar-refractivity contribution >= 4 is 45.8 Å². The van der Waals surface area contributed by atoms with E-state index in [0.29, 0.717) is 33.3 Å². The molecule has 2 aliphatic rings. The molecule has 0 saturated carbocycles. The molecule has 0 aliphatic carbocycles. The summed E-state index contributed by atoms with van der Waals surface area (Å²) in [6, 6.07) is 17.0. The number of hydrogen-bond acceptors (Lipinski definition) is 7. The number of methoxy groups -OCH3 is 1. The molecule has 35 heavy (non-hydrogen) atoms. The van der Waals surface area contributed by atoms with E-state index in [4.69, 9.17) is 4.74 Å². The summed E-state index contributed by atoms with van der Waals surface area (Å²) in [6.07, 6.45) is 0. The first kappa shape index (κ1) is 22.3. The molecule has 0 bridgehead atoms. The Labute approximate surface area is 200 Å². The van der Waals surface area contributed by atoms with Gasteiger partial charge in [-0.15, -0.1) is 0 Å². The molecule has 3 aromatic carbocycles. The monoisotopic (exact) mass is 471 g/mol. The summed E-state index contributed by atoms with van der Waals surface area (Å²) in [5.74, 6) is -2.01. The van der Waals surface area contributed by atoms with Crippen molar-refractivity contribution in [3.8, 4) is 0 Å². The summed E-state index contributed by atoms with van der Waals surface area (Å²) in [7, 11) is 1.23. The van der Waals surface area contributed by atoms with Gasteiger partial charge in [0.05, 0.1) is 31.5 Å². The molecule has 2 heterocycles. The minimum absolute atomic E-state index is 0.00132. The summed E-state index contributed by atoms with van der Waals surface area (Å²) in [5, 5.41) is 13.3. The van der Waals surface area contributed by atoms with E-state index in [0.717, 1.165) is 4.90 Å². The van der Waals surface area contributed by atoms with Crippen LogP contribution >= 0.6 is 0 Å². The summed E-state index contributed by atoms with van der Waals surface area (Å²) < 4.78 is 4.84. The molecule has 0 spiro atoms. The predicted molar refractivity (Wildman–Crippen MR) is 128 cm³/mol. The lowest BCUT2D eigenvalue weighted by Gasteiger charge is -2.28. The van der Waals surface area contributed by atoms with Crippen LogP contribution in [-0.4, -0.2) is 60.5 Å². The number of rotatable bonds is 6. The van der Waals surface area contributed by atoms with E-state index in [2.05, 4.69) is 5.32 Å². The first-order chi connectivity index (χ1) is 17.0. The molecular formula is C26H21N3O6. The zero-order valence-electron chi connectivity index (χ0n) is 18.8. The number of para-hydroxylation sites is 1. The number of ether oxygens (including phenoxy) is 1. The van der Waals surface area contributed by atoms with E-state index in [9.17, 15) is 24.3 Å². The molecule has 5 rings (SSSR count). The van der Waals surface area contributed by atoms with Crippen molar-refractivity contribution in [2.75, 3.05) is 37.0 Å². The molecule has 0 fully saturated rings. The van der Waals surface area contributed by atoms with Crippen LogP contribution in [0.15, 0.2) is 71.9 Å². The summed E-state index contributed by atoms with van der Waals surface area (Å²) >= 11 is 0. The normalized spacial score (nSPS) is 15.3. The van der Waals surface area contributed by atoms with Gasteiger partial charge in [0, 0.05) is 34.1 Å². The Bertz CT molecular complexity index is 1410. The molecule has 9 nitrogen and oxygen atoms in total. The number of esters is 1. The van der Waals surface area contributed by atoms with Gasteiger partial charge < -0.3 is 20.1 Å². The number of carbonyl (C=O) groups is 4. The van der Waals surface area contributed by atoms with Crippen LogP contribution in [0.5, 0.6) is 0 Å². The average molecular weight is 471 g/mol. The van der Waals surface area contributed by atoms with Crippen LogP contribution < -0.4 is 10.2 Å². The molecule has 9 heteroatoms. The molecule has 2 N–H and O–H groups in total. The van der Waals surface area contributed by atoms with Gasteiger partial charge in [0.15, 0.2) is 0 Å². The van der Waals surface area contributed by atoms with Crippen LogP contribution in [0.3, 0.4) is 0 Å². The number of anilines is 2. The van der Waals surface area contributed by atoms with Gasteiger partial charge in [0.2, 0.25) is 0 Å². The Morgan fingerprint density at radius 1 is 0.943 bits per heavy atom. The third kappa shape index (κ3) is 3.53. The van der Waals surface area contributed by atoms with Crippen LogP contribution in [-0.2, 0) is 14.3 Å². The highest BCUT2D eigenvalue weighted by atomic mass is 16.5. The highest BCUT2D eigenvalue weighted by molar-refractivity contribution is 6.36. The number of carbonyl (C=O) groups excluding carboxylic acids is 4. The number of imide groups is 1. The largest absolute Gasteiger partial charge is 0.466 e. The number of hydrogen-bond donors (Lipinski definition) is 2. The Balaban J connectivity index is 1.61. The molecule has 0 aromatic heterocycles. The molecule has 3 aromatic rings. The number of β-amino-alcohol motifs (C(OH)–C–C–N with tert-alkyl or cyclic N) is 1. The van der Waals surface area contributed by atoms with Crippen molar-refractivity contribution in [1.82, 2.24) is 4.90 Å². The van der Waals surface area contributed by atoms with E-state index in [-0.39, 0.29) is 31.0 Å². The number of aliphatic hydroxyl groups is 1. The fourth-order valence-corrected chi connectivity index (χ4v) is 4.50. The lowest BCUT2D eigenvalue weighted by atomic mass is 9.92. The number of benzene rings is 3. The van der Waals surface area contributed by atoms with E-state index in [1.807, 2.05) is 0 Å². The van der Waals surface area contributed by atoms with Crippen molar-refractivity contribution in [3.63, 3.8) is 0 Å². The van der Waals surface area contributed by atoms with E-state index in [1.54, 1.807) is 60.7 Å². The van der Waals surface area contributed by atoms with Crippen LogP contribution in [0, 0.1) is 0 Å². The van der Waals surface area contributed by atoms with Gasteiger partial charge >= 0.3 is 5.97 Å². The predicted octanol–water partition coefficient (Wildman–Crippen LogP) is 2.31. The maximum atomic E-state index is 13.3. The Morgan fingerprint density at radius 3 is 2.34 bits per heavy atom. The van der Waals surface area contributed by atoms with Crippen molar-refractivity contribution in [2.24, 2.45) is 0 Å². The van der Waals surface area contributed by atoms with Gasteiger partial charge in [0.25, 0.3) is 17.7 Å². The summed E-state index contributed by atoms with van der Waals surface area (Å²) in [6.45, 7) is -0.193. The molecule has 0 radical (unpaired) electrons. The van der Waals surface area contributed by atoms with Crippen molar-refractivity contribution in [2.45, 2.75) is 0 Å². The van der Waals surface area contributed by atoms with Gasteiger partial charge in [-0.25, -0.2) is 9.69 Å². The Hall–Kier alpha value is -4.50. The van der Waals surface area contributed by atoms with Crippen molar-refractivity contribution in [1.29, 1.82) is 0 Å². The maximum absolute atomic E-state index is 13.3. The molecule has 0 atom stereocenters. The van der Waals surface area contributed by atoms with Crippen LogP contribution in [0.2, 0.25) is 0 Å². The van der Waals surface area contributed by atoms with Crippen LogP contribution in [0.25, 0.3) is 10.8 Å². The number of nitrogens with one attached hydrogen (secondary N) is 1. The number of nitrogens with zero attached hydrogens (tertiary/aromatic N) is 2. The fourth-order valence-electron chi connectivity index (χ4n) is 4.50. The third-order valence-corrected chi connectivity index (χ3v) is 6.14. The van der Waals surface area contributed by atoms with E-state index >= 15 is 0 Å². The van der Waals surface area contributed by atoms with Gasteiger partial charge in [-0.05, 0) is 30.3 Å². The lowest BCUT2D eigenvalue weighted by Crippen LogP contribution is -2.40. The SMILES string of the molecule is COC(=O)C1=C(Nc2ccc3c4c(cccc24)C(=O)N(c2ccccc2)C3=O)C(=O)N(CCO)C1. The summed E-state index contributed by atoms with van der Waals surface area (Å²) in [5.41, 5.74) is 1.80. The zero-order valence-corrected chi connectivity index (χ0v) is 18.8. The van der Waals surface area contributed by atoms with Gasteiger partial charge in [-0.2, -0.15) is 0 Å².